The Labute approximate surface area is 129 Å². The molecular formula is C19H29NO. The molecule has 2 nitrogen and oxygen atoms in total. The lowest BCUT2D eigenvalue weighted by atomic mass is 9.60. The van der Waals surface area contributed by atoms with Crippen molar-refractivity contribution in [3.8, 4) is 0 Å². The zero-order chi connectivity index (χ0) is 14.7. The molecule has 2 saturated carbocycles. The van der Waals surface area contributed by atoms with Crippen molar-refractivity contribution in [3.63, 3.8) is 0 Å². The molecule has 1 spiro atoms. The predicted octanol–water partition coefficient (Wildman–Crippen LogP) is 3.86. The van der Waals surface area contributed by atoms with Crippen molar-refractivity contribution in [3.05, 3.63) is 35.4 Å². The van der Waals surface area contributed by atoms with E-state index in [2.05, 4.69) is 43.4 Å². The van der Waals surface area contributed by atoms with Crippen molar-refractivity contribution in [1.29, 1.82) is 0 Å². The maximum atomic E-state index is 5.99. The number of hydrogen-bond donors (Lipinski definition) is 1. The van der Waals surface area contributed by atoms with E-state index in [-0.39, 0.29) is 0 Å². The first-order valence-corrected chi connectivity index (χ1v) is 8.66. The molecule has 1 aromatic carbocycles. The van der Waals surface area contributed by atoms with Gasteiger partial charge in [-0.2, -0.15) is 0 Å². The summed E-state index contributed by atoms with van der Waals surface area (Å²) in [5.74, 6) is 0. The van der Waals surface area contributed by atoms with Gasteiger partial charge in [-0.15, -0.1) is 0 Å². The molecule has 0 bridgehead atoms. The Kier molecular flexibility index (Phi) is 4.66. The highest BCUT2D eigenvalue weighted by Gasteiger charge is 2.56. The number of aryl methyl sites for hydroxylation is 1. The minimum atomic E-state index is 0.460. The van der Waals surface area contributed by atoms with Crippen molar-refractivity contribution >= 4 is 0 Å². The lowest BCUT2D eigenvalue weighted by Crippen LogP contribution is -2.62. The normalized spacial score (nSPS) is 27.0. The Morgan fingerprint density at radius 2 is 2.00 bits per heavy atom. The molecular weight excluding hydrogens is 258 g/mol. The molecule has 0 radical (unpaired) electrons. The van der Waals surface area contributed by atoms with Crippen LogP contribution in [0.15, 0.2) is 24.3 Å². The molecule has 21 heavy (non-hydrogen) atoms. The van der Waals surface area contributed by atoms with Crippen LogP contribution < -0.4 is 5.32 Å². The Morgan fingerprint density at radius 3 is 2.71 bits per heavy atom. The predicted molar refractivity (Wildman–Crippen MR) is 87.6 cm³/mol. The molecule has 0 saturated heterocycles. The minimum Gasteiger partial charge on any atom is -0.378 e. The van der Waals surface area contributed by atoms with Gasteiger partial charge in [0.1, 0.15) is 0 Å². The topological polar surface area (TPSA) is 21.3 Å². The van der Waals surface area contributed by atoms with E-state index in [1.807, 2.05) is 0 Å². The van der Waals surface area contributed by atoms with Crippen molar-refractivity contribution in [2.45, 2.75) is 64.5 Å². The fourth-order valence-electron chi connectivity index (χ4n) is 4.44. The van der Waals surface area contributed by atoms with Crippen molar-refractivity contribution < 1.29 is 4.74 Å². The van der Waals surface area contributed by atoms with E-state index in [9.17, 15) is 0 Å². The van der Waals surface area contributed by atoms with Gasteiger partial charge in [-0.05, 0) is 57.2 Å². The molecule has 2 aliphatic rings. The third-order valence-electron chi connectivity index (χ3n) is 5.73. The summed E-state index contributed by atoms with van der Waals surface area (Å²) in [6.45, 7) is 6.29. The lowest BCUT2D eigenvalue weighted by molar-refractivity contribution is -0.130. The van der Waals surface area contributed by atoms with E-state index >= 15 is 0 Å². The Balaban J connectivity index is 1.53. The average molecular weight is 287 g/mol. The van der Waals surface area contributed by atoms with Crippen LogP contribution in [0, 0.1) is 12.3 Å². The summed E-state index contributed by atoms with van der Waals surface area (Å²) < 4.78 is 5.99. The van der Waals surface area contributed by atoms with Crippen molar-refractivity contribution in [2.24, 2.45) is 5.41 Å². The van der Waals surface area contributed by atoms with Crippen LogP contribution in [0.3, 0.4) is 0 Å². The smallest absolute Gasteiger partial charge is 0.0661 e. The number of rotatable bonds is 6. The SMILES string of the molecule is CCOC1CC(NCCc2ccccc2C)C12CCCC2. The molecule has 2 heteroatoms. The Morgan fingerprint density at radius 1 is 1.24 bits per heavy atom. The first-order chi connectivity index (χ1) is 10.3. The van der Waals surface area contributed by atoms with E-state index in [4.69, 9.17) is 4.74 Å². The van der Waals surface area contributed by atoms with Crippen LogP contribution in [0.25, 0.3) is 0 Å². The summed E-state index contributed by atoms with van der Waals surface area (Å²) >= 11 is 0. The van der Waals surface area contributed by atoms with Gasteiger partial charge < -0.3 is 10.1 Å². The van der Waals surface area contributed by atoms with E-state index < -0.39 is 0 Å². The number of nitrogens with one attached hydrogen (secondary N) is 1. The van der Waals surface area contributed by atoms with Crippen LogP contribution in [0.2, 0.25) is 0 Å². The van der Waals surface area contributed by atoms with Crippen LogP contribution in [-0.4, -0.2) is 25.3 Å². The minimum absolute atomic E-state index is 0.460. The number of benzene rings is 1. The lowest BCUT2D eigenvalue weighted by Gasteiger charge is -2.54. The quantitative estimate of drug-likeness (QED) is 0.857. The molecule has 0 amide bonds. The maximum absolute atomic E-state index is 5.99. The average Bonchev–Trinajstić information content (AvgIpc) is 3.00. The van der Waals surface area contributed by atoms with Crippen molar-refractivity contribution in [1.82, 2.24) is 5.32 Å². The maximum Gasteiger partial charge on any atom is 0.0661 e. The molecule has 0 aromatic heterocycles. The van der Waals surface area contributed by atoms with Crippen LogP contribution in [0.4, 0.5) is 0 Å². The molecule has 2 aliphatic carbocycles. The third kappa shape index (κ3) is 2.89. The molecule has 3 rings (SSSR count). The second-order valence-electron chi connectivity index (χ2n) is 6.80. The van der Waals surface area contributed by atoms with Crippen LogP contribution in [0.5, 0.6) is 0 Å². The standard InChI is InChI=1S/C19H29NO/c1-3-21-18-14-17(19(18)11-6-7-12-19)20-13-10-16-9-5-4-8-15(16)2/h4-5,8-9,17-18,20H,3,6-7,10-14H2,1-2H3. The summed E-state index contributed by atoms with van der Waals surface area (Å²) in [6.07, 6.45) is 8.36. The van der Waals surface area contributed by atoms with Gasteiger partial charge in [0.15, 0.2) is 0 Å². The largest absolute Gasteiger partial charge is 0.378 e. The Hall–Kier alpha value is -0.860. The second-order valence-corrected chi connectivity index (χ2v) is 6.80. The summed E-state index contributed by atoms with van der Waals surface area (Å²) in [5.41, 5.74) is 3.35. The Bertz CT molecular complexity index is 464. The van der Waals surface area contributed by atoms with Gasteiger partial charge in [0.05, 0.1) is 6.10 Å². The summed E-state index contributed by atoms with van der Waals surface area (Å²) in [4.78, 5) is 0. The summed E-state index contributed by atoms with van der Waals surface area (Å²) in [6, 6.07) is 9.42. The van der Waals surface area contributed by atoms with Crippen LogP contribution in [-0.2, 0) is 11.2 Å². The fourth-order valence-corrected chi connectivity index (χ4v) is 4.44. The second kappa shape index (κ2) is 6.50. The fraction of sp³-hybridized carbons (Fsp3) is 0.684. The third-order valence-corrected chi connectivity index (χ3v) is 5.73. The van der Waals surface area contributed by atoms with Gasteiger partial charge in [-0.1, -0.05) is 37.1 Å². The van der Waals surface area contributed by atoms with Gasteiger partial charge in [-0.25, -0.2) is 0 Å². The summed E-state index contributed by atoms with van der Waals surface area (Å²) in [7, 11) is 0. The van der Waals surface area contributed by atoms with Gasteiger partial charge in [0, 0.05) is 18.1 Å². The molecule has 116 valence electrons. The molecule has 2 fully saturated rings. The van der Waals surface area contributed by atoms with Gasteiger partial charge in [0.2, 0.25) is 0 Å². The highest BCUT2D eigenvalue weighted by molar-refractivity contribution is 5.25. The number of hydrogen-bond acceptors (Lipinski definition) is 2. The van der Waals surface area contributed by atoms with Gasteiger partial charge >= 0.3 is 0 Å². The molecule has 1 aromatic rings. The van der Waals surface area contributed by atoms with Crippen LogP contribution in [0.1, 0.15) is 50.2 Å². The van der Waals surface area contributed by atoms with Crippen molar-refractivity contribution in [2.75, 3.05) is 13.2 Å². The number of ether oxygens (including phenoxy) is 1. The van der Waals surface area contributed by atoms with E-state index in [1.54, 1.807) is 0 Å². The van der Waals surface area contributed by atoms with Gasteiger partial charge in [0.25, 0.3) is 0 Å². The monoisotopic (exact) mass is 287 g/mol. The zero-order valence-electron chi connectivity index (χ0n) is 13.5. The molecule has 0 heterocycles. The van der Waals surface area contributed by atoms with Gasteiger partial charge in [-0.3, -0.25) is 0 Å². The zero-order valence-corrected chi connectivity index (χ0v) is 13.5. The van der Waals surface area contributed by atoms with E-state index in [0.29, 0.717) is 17.6 Å². The highest BCUT2D eigenvalue weighted by Crippen LogP contribution is 2.54. The highest BCUT2D eigenvalue weighted by atomic mass is 16.5. The summed E-state index contributed by atoms with van der Waals surface area (Å²) in [5, 5.41) is 3.84. The first-order valence-electron chi connectivity index (χ1n) is 8.66. The van der Waals surface area contributed by atoms with Crippen LogP contribution >= 0.6 is 0 Å². The molecule has 2 unspecified atom stereocenters. The molecule has 2 atom stereocenters. The first kappa shape index (κ1) is 15.1. The van der Waals surface area contributed by atoms with E-state index in [1.165, 1.54) is 43.2 Å². The molecule has 1 N–H and O–H groups in total. The molecule has 0 aliphatic heterocycles. The van der Waals surface area contributed by atoms with E-state index in [0.717, 1.165) is 19.6 Å².